The molecule has 0 aliphatic rings. The molecule has 0 radical (unpaired) electrons. The summed E-state index contributed by atoms with van der Waals surface area (Å²) >= 11 is 0. The Labute approximate surface area is 67.0 Å². The maximum Gasteiger partial charge on any atom is 0.197 e. The lowest BCUT2D eigenvalue weighted by atomic mass is 9.87. The highest BCUT2D eigenvalue weighted by Crippen LogP contribution is 2.24. The minimum Gasteiger partial charge on any atom is -0.369 e. The van der Waals surface area contributed by atoms with E-state index in [1.807, 2.05) is 0 Å². The van der Waals surface area contributed by atoms with E-state index in [4.69, 9.17) is 5.73 Å². The molecule has 0 bridgehead atoms. The molecular weight excluding hydrogens is 138 g/mol. The number of hydrogen-bond acceptors (Lipinski definition) is 2. The molecule has 3 nitrogen and oxygen atoms in total. The van der Waals surface area contributed by atoms with Crippen molar-refractivity contribution in [1.82, 2.24) is 9.97 Å². The predicted octanol–water partition coefficient (Wildman–Crippen LogP) is 1.68. The average Bonchev–Trinajstić information content (AvgIpc) is 2.36. The van der Waals surface area contributed by atoms with Crippen molar-refractivity contribution in [1.29, 1.82) is 0 Å². The average molecular weight is 153 g/mol. The summed E-state index contributed by atoms with van der Waals surface area (Å²) in [5, 5.41) is 0. The van der Waals surface area contributed by atoms with Gasteiger partial charge in [0.1, 0.15) is 0 Å². The van der Waals surface area contributed by atoms with Gasteiger partial charge in [0.25, 0.3) is 0 Å². The number of anilines is 1. The van der Waals surface area contributed by atoms with Crippen LogP contribution in [0.3, 0.4) is 0 Å². The standard InChI is InChI=1S/C8H15N3/c1-4-8(2,3)6-5-10-7(9)11-6/h5H,4H2,1-3H3,(H3,9,10,11). The highest BCUT2D eigenvalue weighted by molar-refractivity contribution is 5.23. The number of nitrogen functional groups attached to an aromatic ring is 1. The molecule has 0 fully saturated rings. The van der Waals surface area contributed by atoms with Crippen LogP contribution in [0.15, 0.2) is 6.20 Å². The molecule has 0 unspecified atom stereocenters. The van der Waals surface area contributed by atoms with Crippen molar-refractivity contribution in [3.8, 4) is 0 Å². The number of rotatable bonds is 2. The van der Waals surface area contributed by atoms with Gasteiger partial charge in [-0.3, -0.25) is 0 Å². The normalized spacial score (nSPS) is 11.9. The molecule has 0 spiro atoms. The second kappa shape index (κ2) is 2.57. The van der Waals surface area contributed by atoms with Crippen molar-refractivity contribution in [2.75, 3.05) is 5.73 Å². The fourth-order valence-corrected chi connectivity index (χ4v) is 0.871. The Balaban J connectivity index is 2.92. The van der Waals surface area contributed by atoms with Crippen LogP contribution in [0.5, 0.6) is 0 Å². The first-order valence-electron chi connectivity index (χ1n) is 3.87. The number of nitrogens with zero attached hydrogens (tertiary/aromatic N) is 1. The summed E-state index contributed by atoms with van der Waals surface area (Å²) in [5.74, 6) is 0.501. The third-order valence-corrected chi connectivity index (χ3v) is 2.21. The van der Waals surface area contributed by atoms with Crippen molar-refractivity contribution in [3.05, 3.63) is 11.9 Å². The van der Waals surface area contributed by atoms with E-state index in [2.05, 4.69) is 30.7 Å². The molecule has 3 heteroatoms. The van der Waals surface area contributed by atoms with Gasteiger partial charge in [0, 0.05) is 11.1 Å². The van der Waals surface area contributed by atoms with E-state index in [1.54, 1.807) is 6.20 Å². The summed E-state index contributed by atoms with van der Waals surface area (Å²) in [7, 11) is 0. The Morgan fingerprint density at radius 3 is 2.64 bits per heavy atom. The summed E-state index contributed by atoms with van der Waals surface area (Å²) in [4.78, 5) is 6.99. The van der Waals surface area contributed by atoms with E-state index < -0.39 is 0 Å². The van der Waals surface area contributed by atoms with Crippen molar-refractivity contribution >= 4 is 5.95 Å². The molecule has 1 aromatic heterocycles. The number of aromatic amines is 1. The Bertz CT molecular complexity index is 237. The molecule has 0 saturated carbocycles. The quantitative estimate of drug-likeness (QED) is 0.679. The van der Waals surface area contributed by atoms with Gasteiger partial charge < -0.3 is 10.7 Å². The molecule has 0 saturated heterocycles. The maximum atomic E-state index is 5.46. The molecule has 3 N–H and O–H groups in total. The highest BCUT2D eigenvalue weighted by atomic mass is 15.0. The van der Waals surface area contributed by atoms with Crippen LogP contribution in [0.1, 0.15) is 32.9 Å². The first-order chi connectivity index (χ1) is 5.06. The van der Waals surface area contributed by atoms with Gasteiger partial charge in [-0.25, -0.2) is 4.98 Å². The summed E-state index contributed by atoms with van der Waals surface area (Å²) in [6, 6.07) is 0. The topological polar surface area (TPSA) is 54.7 Å². The predicted molar refractivity (Wildman–Crippen MR) is 46.3 cm³/mol. The van der Waals surface area contributed by atoms with Gasteiger partial charge in [0.2, 0.25) is 0 Å². The smallest absolute Gasteiger partial charge is 0.197 e. The lowest BCUT2D eigenvalue weighted by molar-refractivity contribution is 0.493. The van der Waals surface area contributed by atoms with E-state index in [9.17, 15) is 0 Å². The second-order valence-corrected chi connectivity index (χ2v) is 3.42. The molecule has 1 aromatic rings. The van der Waals surface area contributed by atoms with E-state index in [0.29, 0.717) is 5.95 Å². The Kier molecular flexibility index (Phi) is 1.89. The Hall–Kier alpha value is -0.990. The van der Waals surface area contributed by atoms with E-state index in [1.165, 1.54) is 0 Å². The zero-order valence-corrected chi connectivity index (χ0v) is 7.31. The fraction of sp³-hybridized carbons (Fsp3) is 0.625. The summed E-state index contributed by atoms with van der Waals surface area (Å²) in [6.07, 6.45) is 2.88. The first kappa shape index (κ1) is 8.11. The van der Waals surface area contributed by atoms with Crippen LogP contribution in [-0.4, -0.2) is 9.97 Å². The number of nitrogens with one attached hydrogen (secondary N) is 1. The van der Waals surface area contributed by atoms with E-state index in [0.717, 1.165) is 12.1 Å². The van der Waals surface area contributed by atoms with Crippen LogP contribution in [0.25, 0.3) is 0 Å². The molecule has 0 aliphatic heterocycles. The minimum absolute atomic E-state index is 0.157. The van der Waals surface area contributed by atoms with E-state index >= 15 is 0 Å². The summed E-state index contributed by atoms with van der Waals surface area (Å²) in [6.45, 7) is 6.48. The van der Waals surface area contributed by atoms with Crippen LogP contribution in [0.4, 0.5) is 5.95 Å². The van der Waals surface area contributed by atoms with Gasteiger partial charge in [0.15, 0.2) is 5.95 Å². The molecule has 1 heterocycles. The van der Waals surface area contributed by atoms with E-state index in [-0.39, 0.29) is 5.41 Å². The fourth-order valence-electron chi connectivity index (χ4n) is 0.871. The molecular formula is C8H15N3. The number of imidazole rings is 1. The third kappa shape index (κ3) is 1.53. The Morgan fingerprint density at radius 1 is 1.64 bits per heavy atom. The molecule has 11 heavy (non-hydrogen) atoms. The van der Waals surface area contributed by atoms with Crippen molar-refractivity contribution in [2.24, 2.45) is 0 Å². The van der Waals surface area contributed by atoms with Gasteiger partial charge >= 0.3 is 0 Å². The zero-order chi connectivity index (χ0) is 8.48. The highest BCUT2D eigenvalue weighted by Gasteiger charge is 2.19. The van der Waals surface area contributed by atoms with Crippen LogP contribution >= 0.6 is 0 Å². The number of nitrogens with two attached hydrogens (primary N) is 1. The lowest BCUT2D eigenvalue weighted by Gasteiger charge is -2.19. The molecule has 0 atom stereocenters. The largest absolute Gasteiger partial charge is 0.369 e. The minimum atomic E-state index is 0.157. The zero-order valence-electron chi connectivity index (χ0n) is 7.31. The van der Waals surface area contributed by atoms with Gasteiger partial charge in [0.05, 0.1) is 6.20 Å². The van der Waals surface area contributed by atoms with Crippen molar-refractivity contribution in [3.63, 3.8) is 0 Å². The Morgan fingerprint density at radius 2 is 2.27 bits per heavy atom. The van der Waals surface area contributed by atoms with Crippen LogP contribution < -0.4 is 5.73 Å². The van der Waals surface area contributed by atoms with Gasteiger partial charge in [-0.05, 0) is 6.42 Å². The molecule has 0 amide bonds. The van der Waals surface area contributed by atoms with Crippen LogP contribution in [-0.2, 0) is 5.41 Å². The second-order valence-electron chi connectivity index (χ2n) is 3.42. The maximum absolute atomic E-state index is 5.46. The lowest BCUT2D eigenvalue weighted by Crippen LogP contribution is -2.15. The summed E-state index contributed by atoms with van der Waals surface area (Å²) in [5.41, 5.74) is 6.73. The molecule has 62 valence electrons. The number of H-pyrrole nitrogens is 1. The van der Waals surface area contributed by atoms with Gasteiger partial charge in [-0.2, -0.15) is 0 Å². The number of hydrogen-bond donors (Lipinski definition) is 2. The van der Waals surface area contributed by atoms with Gasteiger partial charge in [-0.1, -0.05) is 20.8 Å². The van der Waals surface area contributed by atoms with Gasteiger partial charge in [-0.15, -0.1) is 0 Å². The first-order valence-corrected chi connectivity index (χ1v) is 3.87. The molecule has 0 aromatic carbocycles. The third-order valence-electron chi connectivity index (χ3n) is 2.21. The van der Waals surface area contributed by atoms with Crippen LogP contribution in [0.2, 0.25) is 0 Å². The molecule has 1 rings (SSSR count). The van der Waals surface area contributed by atoms with Crippen molar-refractivity contribution in [2.45, 2.75) is 32.6 Å². The van der Waals surface area contributed by atoms with Crippen molar-refractivity contribution < 1.29 is 0 Å². The monoisotopic (exact) mass is 153 g/mol. The van der Waals surface area contributed by atoms with Crippen LogP contribution in [0, 0.1) is 0 Å². The SMILES string of the molecule is CCC(C)(C)c1cnc(N)[nH]1. The summed E-state index contributed by atoms with van der Waals surface area (Å²) < 4.78 is 0. The molecule has 0 aliphatic carbocycles. The number of aromatic nitrogens is 2.